The molecule has 1 heterocycles. The Morgan fingerprint density at radius 2 is 2.29 bits per heavy atom. The maximum atomic E-state index is 13.0. The fourth-order valence-corrected chi connectivity index (χ4v) is 3.18. The van der Waals surface area contributed by atoms with E-state index in [9.17, 15) is 4.39 Å². The van der Waals surface area contributed by atoms with E-state index in [-0.39, 0.29) is 5.82 Å². The van der Waals surface area contributed by atoms with E-state index in [2.05, 4.69) is 19.2 Å². The second-order valence-corrected chi connectivity index (χ2v) is 4.96. The highest BCUT2D eigenvalue weighted by molar-refractivity contribution is 8.00. The molecule has 0 amide bonds. The van der Waals surface area contributed by atoms with Crippen molar-refractivity contribution in [1.82, 2.24) is 5.32 Å². The summed E-state index contributed by atoms with van der Waals surface area (Å²) in [6, 6.07) is 5.45. The molecule has 14 heavy (non-hydrogen) atoms. The van der Waals surface area contributed by atoms with Crippen LogP contribution in [-0.4, -0.2) is 11.8 Å². The van der Waals surface area contributed by atoms with Gasteiger partial charge < -0.3 is 5.32 Å². The molecule has 1 aromatic carbocycles. The molecule has 1 aromatic rings. The van der Waals surface area contributed by atoms with E-state index in [0.29, 0.717) is 11.3 Å². The summed E-state index contributed by atoms with van der Waals surface area (Å²) in [7, 11) is 0. The topological polar surface area (TPSA) is 12.0 Å². The van der Waals surface area contributed by atoms with Gasteiger partial charge in [-0.05, 0) is 24.2 Å². The van der Waals surface area contributed by atoms with Crippen molar-refractivity contribution in [3.63, 3.8) is 0 Å². The van der Waals surface area contributed by atoms with Crippen molar-refractivity contribution in [2.45, 2.75) is 30.0 Å². The van der Waals surface area contributed by atoms with Gasteiger partial charge in [-0.3, -0.25) is 0 Å². The molecule has 0 saturated heterocycles. The molecule has 76 valence electrons. The normalized spacial score (nSPS) is 25.1. The Morgan fingerprint density at radius 1 is 1.50 bits per heavy atom. The van der Waals surface area contributed by atoms with Crippen LogP contribution in [0.25, 0.3) is 0 Å². The lowest BCUT2D eigenvalue weighted by Gasteiger charge is -2.16. The van der Waals surface area contributed by atoms with Crippen LogP contribution in [0.4, 0.5) is 4.39 Å². The summed E-state index contributed by atoms with van der Waals surface area (Å²) in [6.45, 7) is 5.22. The number of hydrogen-bond acceptors (Lipinski definition) is 2. The number of benzene rings is 1. The first-order chi connectivity index (χ1) is 6.72. The van der Waals surface area contributed by atoms with E-state index < -0.39 is 0 Å². The summed E-state index contributed by atoms with van der Waals surface area (Å²) in [6.07, 6.45) is 0. The Hall–Kier alpha value is -0.540. The predicted octanol–water partition coefficient (Wildman–Crippen LogP) is 2.97. The fourth-order valence-electron chi connectivity index (χ4n) is 1.88. The number of halogens is 1. The van der Waals surface area contributed by atoms with Gasteiger partial charge in [0.2, 0.25) is 0 Å². The molecule has 0 aliphatic carbocycles. The molecule has 1 aliphatic rings. The lowest BCUT2D eigenvalue weighted by Crippen LogP contribution is -2.25. The highest BCUT2D eigenvalue weighted by atomic mass is 32.2. The quantitative estimate of drug-likeness (QED) is 0.807. The van der Waals surface area contributed by atoms with Crippen molar-refractivity contribution in [2.75, 3.05) is 6.54 Å². The zero-order valence-electron chi connectivity index (χ0n) is 8.38. The molecular weight excluding hydrogens is 197 g/mol. The van der Waals surface area contributed by atoms with Gasteiger partial charge in [-0.15, -0.1) is 11.8 Å². The third-order valence-corrected chi connectivity index (χ3v) is 3.77. The first kappa shape index (κ1) is 9.99. The lowest BCUT2D eigenvalue weighted by atomic mass is 10.0. The largest absolute Gasteiger partial charge is 0.309 e. The standard InChI is InChI=1S/C11H14FNS/c1-3-13-11-7(2)14-10-6-8(12)4-5-9(10)11/h4-7,11,13H,3H2,1-2H3. The van der Waals surface area contributed by atoms with Crippen molar-refractivity contribution in [3.8, 4) is 0 Å². The third kappa shape index (κ3) is 1.66. The smallest absolute Gasteiger partial charge is 0.124 e. The Kier molecular flexibility index (Phi) is 2.79. The van der Waals surface area contributed by atoms with Gasteiger partial charge in [0.15, 0.2) is 0 Å². The van der Waals surface area contributed by atoms with Gasteiger partial charge in [0, 0.05) is 16.2 Å². The molecule has 0 radical (unpaired) electrons. The molecule has 1 N–H and O–H groups in total. The van der Waals surface area contributed by atoms with Crippen LogP contribution >= 0.6 is 11.8 Å². The monoisotopic (exact) mass is 211 g/mol. The van der Waals surface area contributed by atoms with E-state index >= 15 is 0 Å². The van der Waals surface area contributed by atoms with Gasteiger partial charge in [0.25, 0.3) is 0 Å². The molecule has 0 aromatic heterocycles. The number of nitrogens with one attached hydrogen (secondary N) is 1. The first-order valence-corrected chi connectivity index (χ1v) is 5.80. The zero-order valence-corrected chi connectivity index (χ0v) is 9.20. The fraction of sp³-hybridized carbons (Fsp3) is 0.455. The number of hydrogen-bond donors (Lipinski definition) is 1. The molecule has 0 bridgehead atoms. The molecule has 0 saturated carbocycles. The van der Waals surface area contributed by atoms with E-state index in [4.69, 9.17) is 0 Å². The van der Waals surface area contributed by atoms with Crippen molar-refractivity contribution in [3.05, 3.63) is 29.6 Å². The van der Waals surface area contributed by atoms with Crippen LogP contribution < -0.4 is 5.32 Å². The van der Waals surface area contributed by atoms with Crippen LogP contribution in [0.1, 0.15) is 25.5 Å². The van der Waals surface area contributed by atoms with Gasteiger partial charge in [0.05, 0.1) is 0 Å². The van der Waals surface area contributed by atoms with Gasteiger partial charge in [-0.2, -0.15) is 0 Å². The van der Waals surface area contributed by atoms with Gasteiger partial charge >= 0.3 is 0 Å². The second kappa shape index (κ2) is 3.91. The Balaban J connectivity index is 2.33. The Morgan fingerprint density at radius 3 is 3.00 bits per heavy atom. The van der Waals surface area contributed by atoms with Crippen LogP contribution in [0.2, 0.25) is 0 Å². The zero-order chi connectivity index (χ0) is 10.1. The minimum atomic E-state index is -0.138. The van der Waals surface area contributed by atoms with Crippen LogP contribution in [0.5, 0.6) is 0 Å². The number of thioether (sulfide) groups is 1. The SMILES string of the molecule is CCNC1c2ccc(F)cc2SC1C. The minimum absolute atomic E-state index is 0.138. The van der Waals surface area contributed by atoms with E-state index in [1.807, 2.05) is 6.07 Å². The highest BCUT2D eigenvalue weighted by Crippen LogP contribution is 2.43. The molecular formula is C11H14FNS. The summed E-state index contributed by atoms with van der Waals surface area (Å²) in [5.74, 6) is -0.138. The van der Waals surface area contributed by atoms with Crippen molar-refractivity contribution in [1.29, 1.82) is 0 Å². The first-order valence-electron chi connectivity index (χ1n) is 4.92. The van der Waals surface area contributed by atoms with Gasteiger partial charge in [0.1, 0.15) is 5.82 Å². The maximum Gasteiger partial charge on any atom is 0.124 e. The van der Waals surface area contributed by atoms with Crippen molar-refractivity contribution < 1.29 is 4.39 Å². The lowest BCUT2D eigenvalue weighted by molar-refractivity contribution is 0.550. The molecule has 2 atom stereocenters. The van der Waals surface area contributed by atoms with E-state index in [1.54, 1.807) is 23.9 Å². The molecule has 2 unspecified atom stereocenters. The summed E-state index contributed by atoms with van der Waals surface area (Å²) < 4.78 is 13.0. The molecule has 3 heteroatoms. The summed E-state index contributed by atoms with van der Waals surface area (Å²) >= 11 is 1.75. The van der Waals surface area contributed by atoms with Crippen LogP contribution in [0.15, 0.2) is 23.1 Å². The molecule has 2 rings (SSSR count). The number of rotatable bonds is 2. The van der Waals surface area contributed by atoms with Crippen LogP contribution in [-0.2, 0) is 0 Å². The molecule has 1 nitrogen and oxygen atoms in total. The molecule has 0 fully saturated rings. The van der Waals surface area contributed by atoms with Crippen LogP contribution in [0, 0.1) is 5.82 Å². The average Bonchev–Trinajstić information content (AvgIpc) is 2.43. The average molecular weight is 211 g/mol. The third-order valence-electron chi connectivity index (χ3n) is 2.52. The van der Waals surface area contributed by atoms with Crippen molar-refractivity contribution >= 4 is 11.8 Å². The second-order valence-electron chi connectivity index (χ2n) is 3.54. The van der Waals surface area contributed by atoms with E-state index in [1.165, 1.54) is 5.56 Å². The van der Waals surface area contributed by atoms with E-state index in [0.717, 1.165) is 11.4 Å². The Bertz CT molecular complexity index is 340. The highest BCUT2D eigenvalue weighted by Gasteiger charge is 2.29. The molecule has 0 spiro atoms. The Labute approximate surface area is 88.1 Å². The minimum Gasteiger partial charge on any atom is -0.309 e. The summed E-state index contributed by atoms with van der Waals surface area (Å²) in [4.78, 5) is 1.09. The van der Waals surface area contributed by atoms with Gasteiger partial charge in [-0.25, -0.2) is 4.39 Å². The summed E-state index contributed by atoms with van der Waals surface area (Å²) in [5, 5.41) is 3.92. The maximum absolute atomic E-state index is 13.0. The predicted molar refractivity (Wildman–Crippen MR) is 58.1 cm³/mol. The van der Waals surface area contributed by atoms with Crippen molar-refractivity contribution in [2.24, 2.45) is 0 Å². The molecule has 1 aliphatic heterocycles. The summed E-state index contributed by atoms with van der Waals surface area (Å²) in [5.41, 5.74) is 1.24. The van der Waals surface area contributed by atoms with Gasteiger partial charge in [-0.1, -0.05) is 19.9 Å². The number of fused-ring (bicyclic) bond motifs is 1. The van der Waals surface area contributed by atoms with Crippen LogP contribution in [0.3, 0.4) is 0 Å².